The highest BCUT2D eigenvalue weighted by Gasteiger charge is 2.24. The lowest BCUT2D eigenvalue weighted by Gasteiger charge is -2.20. The number of benzene rings is 2. The maximum Gasteiger partial charge on any atom is 0.341 e. The maximum atomic E-state index is 12.7. The molecule has 0 aliphatic carbocycles. The van der Waals surface area contributed by atoms with Gasteiger partial charge in [-0.25, -0.2) is 4.79 Å². The van der Waals surface area contributed by atoms with Crippen molar-refractivity contribution < 1.29 is 19.2 Å². The monoisotopic (exact) mass is 413 g/mol. The first-order valence-electron chi connectivity index (χ1n) is 9.72. The van der Waals surface area contributed by atoms with Crippen LogP contribution >= 0.6 is 0 Å². The highest BCUT2D eigenvalue weighted by atomic mass is 16.6. The summed E-state index contributed by atoms with van der Waals surface area (Å²) in [7, 11) is 3.42. The molecule has 0 aromatic heterocycles. The minimum atomic E-state index is -1.09. The maximum absolute atomic E-state index is 12.7. The number of carbonyl (C=O) groups is 2. The molecule has 1 N–H and O–H groups in total. The van der Waals surface area contributed by atoms with Gasteiger partial charge in [0.2, 0.25) is 0 Å². The van der Waals surface area contributed by atoms with E-state index in [1.54, 1.807) is 25.1 Å². The summed E-state index contributed by atoms with van der Waals surface area (Å²) in [6.45, 7) is 5.60. The van der Waals surface area contributed by atoms with Crippen molar-refractivity contribution in [3.8, 4) is 0 Å². The molecule has 8 nitrogen and oxygen atoms in total. The van der Waals surface area contributed by atoms with E-state index < -0.39 is 22.9 Å². The first-order valence-corrected chi connectivity index (χ1v) is 9.72. The van der Waals surface area contributed by atoms with Gasteiger partial charge in [-0.1, -0.05) is 32.0 Å². The number of nitrogens with zero attached hydrogens (tertiary/aromatic N) is 2. The molecule has 30 heavy (non-hydrogen) atoms. The van der Waals surface area contributed by atoms with Crippen LogP contribution in [0.2, 0.25) is 0 Å². The Balaban J connectivity index is 2.19. The molecule has 2 rings (SSSR count). The van der Waals surface area contributed by atoms with Crippen molar-refractivity contribution in [3.63, 3.8) is 0 Å². The number of nitro groups is 1. The number of ether oxygens (including phenoxy) is 1. The van der Waals surface area contributed by atoms with Crippen LogP contribution in [0.15, 0.2) is 42.5 Å². The van der Waals surface area contributed by atoms with Gasteiger partial charge in [0.25, 0.3) is 11.6 Å². The molecule has 8 heteroatoms. The molecule has 0 unspecified atom stereocenters. The molecule has 2 atom stereocenters. The van der Waals surface area contributed by atoms with E-state index in [-0.39, 0.29) is 17.2 Å². The molecule has 160 valence electrons. The molecule has 0 radical (unpaired) electrons. The molecule has 0 saturated heterocycles. The number of nitrogens with one attached hydrogen (secondary N) is 1. The van der Waals surface area contributed by atoms with Gasteiger partial charge in [0.05, 0.1) is 16.2 Å². The lowest BCUT2D eigenvalue weighted by molar-refractivity contribution is -0.384. The first kappa shape index (κ1) is 22.9. The van der Waals surface area contributed by atoms with Crippen molar-refractivity contribution in [2.45, 2.75) is 39.2 Å². The van der Waals surface area contributed by atoms with E-state index in [1.807, 2.05) is 18.2 Å². The summed E-state index contributed by atoms with van der Waals surface area (Å²) in [6.07, 6.45) is -0.172. The molecule has 2 aromatic rings. The topological polar surface area (TPSA) is 102 Å². The SMILES string of the molecule is CC[C@H](C)c1ccccc1NC(=O)[C@H](C)OC(=O)c1cc([N+](=O)[O-])ccc1N(C)C. The van der Waals surface area contributed by atoms with Crippen LogP contribution in [0.4, 0.5) is 17.1 Å². The van der Waals surface area contributed by atoms with Crippen molar-refractivity contribution in [2.75, 3.05) is 24.3 Å². The second-order valence-corrected chi connectivity index (χ2v) is 7.29. The van der Waals surface area contributed by atoms with Gasteiger partial charge in [-0.2, -0.15) is 0 Å². The molecular formula is C22H27N3O5. The summed E-state index contributed by atoms with van der Waals surface area (Å²) < 4.78 is 5.32. The van der Waals surface area contributed by atoms with Crippen molar-refractivity contribution in [1.82, 2.24) is 0 Å². The number of nitro benzene ring substituents is 1. The third-order valence-electron chi connectivity index (χ3n) is 4.91. The number of hydrogen-bond donors (Lipinski definition) is 1. The predicted octanol–water partition coefficient (Wildman–Crippen LogP) is 4.36. The molecule has 0 heterocycles. The van der Waals surface area contributed by atoms with E-state index in [1.165, 1.54) is 19.1 Å². The van der Waals surface area contributed by atoms with Gasteiger partial charge in [-0.3, -0.25) is 14.9 Å². The highest BCUT2D eigenvalue weighted by molar-refractivity contribution is 6.00. The normalized spacial score (nSPS) is 12.6. The minimum absolute atomic E-state index is 0.0221. The zero-order chi connectivity index (χ0) is 22.4. The zero-order valence-corrected chi connectivity index (χ0v) is 17.8. The van der Waals surface area contributed by atoms with E-state index in [0.29, 0.717) is 11.4 Å². The van der Waals surface area contributed by atoms with Crippen LogP contribution in [0, 0.1) is 10.1 Å². The lowest BCUT2D eigenvalue weighted by atomic mass is 9.97. The Bertz CT molecular complexity index is 942. The summed E-state index contributed by atoms with van der Waals surface area (Å²) in [5.41, 5.74) is 1.92. The van der Waals surface area contributed by atoms with Crippen LogP contribution in [-0.2, 0) is 9.53 Å². The second kappa shape index (κ2) is 9.87. The molecule has 0 aliphatic heterocycles. The van der Waals surface area contributed by atoms with Crippen molar-refractivity contribution in [1.29, 1.82) is 0 Å². The molecule has 1 amide bonds. The van der Waals surface area contributed by atoms with Crippen LogP contribution in [-0.4, -0.2) is 37.0 Å². The number of non-ortho nitro benzene ring substituents is 1. The molecule has 0 spiro atoms. The van der Waals surface area contributed by atoms with E-state index in [2.05, 4.69) is 19.2 Å². The van der Waals surface area contributed by atoms with Crippen molar-refractivity contribution >= 4 is 28.9 Å². The summed E-state index contributed by atoms with van der Waals surface area (Å²) in [6, 6.07) is 11.4. The Morgan fingerprint density at radius 1 is 1.17 bits per heavy atom. The van der Waals surface area contributed by atoms with Gasteiger partial charge >= 0.3 is 5.97 Å². The third-order valence-corrected chi connectivity index (χ3v) is 4.91. The van der Waals surface area contributed by atoms with Crippen LogP contribution in [0.1, 0.15) is 49.0 Å². The number of amides is 1. The van der Waals surface area contributed by atoms with E-state index in [9.17, 15) is 19.7 Å². The number of para-hydroxylation sites is 1. The Hall–Kier alpha value is -3.42. The van der Waals surface area contributed by atoms with Gasteiger partial charge in [0.1, 0.15) is 0 Å². The van der Waals surface area contributed by atoms with Crippen LogP contribution in [0.3, 0.4) is 0 Å². The lowest BCUT2D eigenvalue weighted by Crippen LogP contribution is -2.31. The average Bonchev–Trinajstić information content (AvgIpc) is 2.72. The third kappa shape index (κ3) is 5.34. The number of hydrogen-bond acceptors (Lipinski definition) is 6. The number of rotatable bonds is 8. The number of carbonyl (C=O) groups excluding carboxylic acids is 2. The summed E-state index contributed by atoms with van der Waals surface area (Å²) in [5.74, 6) is -1.02. The van der Waals surface area contributed by atoms with Gasteiger partial charge in [0, 0.05) is 31.9 Å². The Morgan fingerprint density at radius 3 is 2.43 bits per heavy atom. The molecule has 0 bridgehead atoms. The Labute approximate surface area is 176 Å². The predicted molar refractivity (Wildman–Crippen MR) is 116 cm³/mol. The molecule has 0 fully saturated rings. The quantitative estimate of drug-likeness (QED) is 0.392. The van der Waals surface area contributed by atoms with Crippen LogP contribution in [0.5, 0.6) is 0 Å². The van der Waals surface area contributed by atoms with E-state index >= 15 is 0 Å². The summed E-state index contributed by atoms with van der Waals surface area (Å²) in [5, 5.41) is 13.9. The fourth-order valence-corrected chi connectivity index (χ4v) is 2.96. The molecule has 2 aromatic carbocycles. The van der Waals surface area contributed by atoms with Gasteiger partial charge < -0.3 is 15.0 Å². The van der Waals surface area contributed by atoms with Crippen LogP contribution in [0.25, 0.3) is 0 Å². The number of esters is 1. The average molecular weight is 413 g/mol. The molecule has 0 saturated carbocycles. The van der Waals surface area contributed by atoms with Crippen molar-refractivity contribution in [3.05, 3.63) is 63.7 Å². The largest absolute Gasteiger partial charge is 0.449 e. The van der Waals surface area contributed by atoms with Gasteiger partial charge in [-0.05, 0) is 37.0 Å². The second-order valence-electron chi connectivity index (χ2n) is 7.29. The van der Waals surface area contributed by atoms with Crippen molar-refractivity contribution in [2.24, 2.45) is 0 Å². The first-order chi connectivity index (χ1) is 14.1. The summed E-state index contributed by atoms with van der Waals surface area (Å²) in [4.78, 5) is 37.5. The van der Waals surface area contributed by atoms with Gasteiger partial charge in [-0.15, -0.1) is 0 Å². The fourth-order valence-electron chi connectivity index (χ4n) is 2.96. The minimum Gasteiger partial charge on any atom is -0.449 e. The number of anilines is 2. The summed E-state index contributed by atoms with van der Waals surface area (Å²) >= 11 is 0. The highest BCUT2D eigenvalue weighted by Crippen LogP contribution is 2.27. The Morgan fingerprint density at radius 2 is 1.83 bits per heavy atom. The zero-order valence-electron chi connectivity index (χ0n) is 17.8. The molecule has 0 aliphatic rings. The Kier molecular flexibility index (Phi) is 7.52. The smallest absolute Gasteiger partial charge is 0.341 e. The standard InChI is InChI=1S/C22H27N3O5/c1-6-14(2)17-9-7-8-10-19(17)23-21(26)15(3)30-22(27)18-13-16(25(28)29)11-12-20(18)24(4)5/h7-15H,6H2,1-5H3,(H,23,26)/t14-,15-/m0/s1. The van der Waals surface area contributed by atoms with Crippen LogP contribution < -0.4 is 10.2 Å². The molecular weight excluding hydrogens is 386 g/mol. The van der Waals surface area contributed by atoms with Gasteiger partial charge in [0.15, 0.2) is 6.10 Å². The van der Waals surface area contributed by atoms with E-state index in [4.69, 9.17) is 4.74 Å². The fraction of sp³-hybridized carbons (Fsp3) is 0.364. The van der Waals surface area contributed by atoms with E-state index in [0.717, 1.165) is 18.1 Å².